The Morgan fingerprint density at radius 1 is 0.871 bits per heavy atom. The molecule has 3 aromatic carbocycles. The van der Waals surface area contributed by atoms with Gasteiger partial charge in [-0.15, -0.1) is 0 Å². The van der Waals surface area contributed by atoms with E-state index in [-0.39, 0.29) is 5.91 Å². The van der Waals surface area contributed by atoms with Gasteiger partial charge in [-0.2, -0.15) is 5.26 Å². The normalized spacial score (nSPS) is 10.2. The highest BCUT2D eigenvalue weighted by Crippen LogP contribution is 2.26. The molecule has 0 bridgehead atoms. The predicted octanol–water partition coefficient (Wildman–Crippen LogP) is 5.55. The van der Waals surface area contributed by atoms with Crippen molar-refractivity contribution in [3.05, 3.63) is 102 Å². The molecular weight excluding hydrogens is 386 g/mol. The molecule has 1 amide bonds. The molecule has 0 unspecified atom stereocenters. The first kappa shape index (κ1) is 19.9. The van der Waals surface area contributed by atoms with Crippen molar-refractivity contribution in [2.45, 2.75) is 0 Å². The Balaban J connectivity index is 1.51. The Morgan fingerprint density at radius 2 is 1.55 bits per heavy atom. The highest BCUT2D eigenvalue weighted by molar-refractivity contribution is 6.04. The number of carbonyl (C=O) groups excluding carboxylic acids is 1. The average molecular weight is 405 g/mol. The number of rotatable bonds is 5. The first-order valence-corrected chi connectivity index (χ1v) is 9.70. The van der Waals surface area contributed by atoms with Crippen LogP contribution in [-0.4, -0.2) is 18.0 Å². The molecule has 0 spiro atoms. The molecule has 1 aromatic heterocycles. The lowest BCUT2D eigenvalue weighted by Gasteiger charge is -2.09. The number of hydrogen-bond donors (Lipinski definition) is 1. The van der Waals surface area contributed by atoms with E-state index >= 15 is 0 Å². The number of amides is 1. The van der Waals surface area contributed by atoms with Crippen molar-refractivity contribution in [1.29, 1.82) is 5.26 Å². The molecule has 31 heavy (non-hydrogen) atoms. The van der Waals surface area contributed by atoms with Crippen LogP contribution in [0.25, 0.3) is 22.5 Å². The number of nitrogens with one attached hydrogen (secondary N) is 1. The largest absolute Gasteiger partial charge is 0.497 e. The van der Waals surface area contributed by atoms with E-state index in [0.717, 1.165) is 28.3 Å². The second kappa shape index (κ2) is 8.93. The summed E-state index contributed by atoms with van der Waals surface area (Å²) in [7, 11) is 1.64. The zero-order valence-corrected chi connectivity index (χ0v) is 16.9. The van der Waals surface area contributed by atoms with Crippen LogP contribution in [0.15, 0.2) is 91.0 Å². The van der Waals surface area contributed by atoms with Crippen LogP contribution in [0.2, 0.25) is 0 Å². The first-order valence-electron chi connectivity index (χ1n) is 9.70. The van der Waals surface area contributed by atoms with Gasteiger partial charge in [0.25, 0.3) is 5.91 Å². The third-order valence-electron chi connectivity index (χ3n) is 4.83. The standard InChI is InChI=1S/C26H19N3O2/c1-31-23-5-2-4-21(16-23)25-7-3-6-24(29-25)19-12-14-22(15-13-19)28-26(30)20-10-8-18(17-27)9-11-20/h2-16H,1H3,(H,28,30). The Hall–Kier alpha value is -4.43. The first-order chi connectivity index (χ1) is 15.2. The lowest BCUT2D eigenvalue weighted by Crippen LogP contribution is -2.11. The third-order valence-corrected chi connectivity index (χ3v) is 4.83. The molecule has 150 valence electrons. The van der Waals surface area contributed by atoms with Crippen LogP contribution in [0.1, 0.15) is 15.9 Å². The van der Waals surface area contributed by atoms with Gasteiger partial charge >= 0.3 is 0 Å². The number of anilines is 1. The summed E-state index contributed by atoms with van der Waals surface area (Å²) < 4.78 is 5.30. The molecule has 0 aliphatic carbocycles. The van der Waals surface area contributed by atoms with E-state index in [2.05, 4.69) is 5.32 Å². The smallest absolute Gasteiger partial charge is 0.255 e. The predicted molar refractivity (Wildman–Crippen MR) is 121 cm³/mol. The van der Waals surface area contributed by atoms with Gasteiger partial charge in [0, 0.05) is 22.4 Å². The van der Waals surface area contributed by atoms with E-state index in [1.165, 1.54) is 0 Å². The molecule has 1 heterocycles. The van der Waals surface area contributed by atoms with Crippen molar-refractivity contribution in [1.82, 2.24) is 4.98 Å². The van der Waals surface area contributed by atoms with Crippen LogP contribution in [0.5, 0.6) is 5.75 Å². The van der Waals surface area contributed by atoms with Crippen molar-refractivity contribution >= 4 is 11.6 Å². The highest BCUT2D eigenvalue weighted by atomic mass is 16.5. The number of nitrogens with zero attached hydrogens (tertiary/aromatic N) is 2. The summed E-state index contributed by atoms with van der Waals surface area (Å²) in [5.41, 5.74) is 5.32. The summed E-state index contributed by atoms with van der Waals surface area (Å²) in [5.74, 6) is 0.558. The van der Waals surface area contributed by atoms with Gasteiger partial charge in [-0.25, -0.2) is 4.98 Å². The van der Waals surface area contributed by atoms with E-state index in [1.807, 2.05) is 72.8 Å². The zero-order valence-electron chi connectivity index (χ0n) is 16.9. The Morgan fingerprint density at radius 3 is 2.23 bits per heavy atom. The van der Waals surface area contributed by atoms with E-state index in [9.17, 15) is 4.79 Å². The van der Waals surface area contributed by atoms with E-state index in [4.69, 9.17) is 15.0 Å². The highest BCUT2D eigenvalue weighted by Gasteiger charge is 2.08. The minimum Gasteiger partial charge on any atom is -0.497 e. The number of pyridine rings is 1. The van der Waals surface area contributed by atoms with Gasteiger partial charge < -0.3 is 10.1 Å². The van der Waals surface area contributed by atoms with Gasteiger partial charge in [-0.3, -0.25) is 4.79 Å². The quantitative estimate of drug-likeness (QED) is 0.472. The van der Waals surface area contributed by atoms with Crippen molar-refractivity contribution in [2.24, 2.45) is 0 Å². The second-order valence-electron chi connectivity index (χ2n) is 6.86. The van der Waals surface area contributed by atoms with E-state index < -0.39 is 0 Å². The van der Waals surface area contributed by atoms with Crippen LogP contribution in [0.3, 0.4) is 0 Å². The molecule has 5 heteroatoms. The number of benzene rings is 3. The summed E-state index contributed by atoms with van der Waals surface area (Å²) in [6, 6.07) is 29.8. The van der Waals surface area contributed by atoms with Crippen LogP contribution in [-0.2, 0) is 0 Å². The van der Waals surface area contributed by atoms with E-state index in [0.29, 0.717) is 16.8 Å². The van der Waals surface area contributed by atoms with Gasteiger partial charge in [0.05, 0.1) is 30.1 Å². The molecule has 0 saturated carbocycles. The minimum absolute atomic E-state index is 0.226. The zero-order chi connectivity index (χ0) is 21.6. The molecule has 0 fully saturated rings. The molecule has 0 aliphatic heterocycles. The molecule has 5 nitrogen and oxygen atoms in total. The Bertz CT molecular complexity index is 1260. The fraction of sp³-hybridized carbons (Fsp3) is 0.0385. The average Bonchev–Trinajstić information content (AvgIpc) is 2.84. The molecule has 0 aliphatic rings. The van der Waals surface area contributed by atoms with Crippen LogP contribution < -0.4 is 10.1 Å². The number of nitriles is 1. The molecule has 4 rings (SSSR count). The monoisotopic (exact) mass is 405 g/mol. The summed E-state index contributed by atoms with van der Waals surface area (Å²) in [4.78, 5) is 17.2. The lowest BCUT2D eigenvalue weighted by atomic mass is 10.1. The maximum absolute atomic E-state index is 12.4. The van der Waals surface area contributed by atoms with Gasteiger partial charge in [0.15, 0.2) is 0 Å². The topological polar surface area (TPSA) is 75.0 Å². The van der Waals surface area contributed by atoms with Gasteiger partial charge in [-0.1, -0.05) is 30.3 Å². The fourth-order valence-corrected chi connectivity index (χ4v) is 3.16. The summed E-state index contributed by atoms with van der Waals surface area (Å²) in [5, 5.41) is 11.7. The summed E-state index contributed by atoms with van der Waals surface area (Å²) in [6.07, 6.45) is 0. The van der Waals surface area contributed by atoms with Gasteiger partial charge in [0.2, 0.25) is 0 Å². The number of methoxy groups -OCH3 is 1. The maximum atomic E-state index is 12.4. The summed E-state index contributed by atoms with van der Waals surface area (Å²) >= 11 is 0. The van der Waals surface area contributed by atoms with Crippen molar-refractivity contribution in [2.75, 3.05) is 12.4 Å². The number of carbonyl (C=O) groups is 1. The molecule has 0 saturated heterocycles. The summed E-state index contributed by atoms with van der Waals surface area (Å²) in [6.45, 7) is 0. The lowest BCUT2D eigenvalue weighted by molar-refractivity contribution is 0.102. The minimum atomic E-state index is -0.226. The molecule has 4 aromatic rings. The molecule has 1 N–H and O–H groups in total. The van der Waals surface area contributed by atoms with Crippen molar-refractivity contribution < 1.29 is 9.53 Å². The van der Waals surface area contributed by atoms with Gasteiger partial charge in [-0.05, 0) is 60.7 Å². The number of aromatic nitrogens is 1. The van der Waals surface area contributed by atoms with Crippen LogP contribution in [0.4, 0.5) is 5.69 Å². The number of ether oxygens (including phenoxy) is 1. The second-order valence-corrected chi connectivity index (χ2v) is 6.86. The van der Waals surface area contributed by atoms with Crippen LogP contribution in [0, 0.1) is 11.3 Å². The molecule has 0 atom stereocenters. The Labute approximate surface area is 180 Å². The van der Waals surface area contributed by atoms with E-state index in [1.54, 1.807) is 31.4 Å². The fourth-order valence-electron chi connectivity index (χ4n) is 3.16. The Kier molecular flexibility index (Phi) is 5.72. The maximum Gasteiger partial charge on any atom is 0.255 e. The van der Waals surface area contributed by atoms with Crippen molar-refractivity contribution in [3.8, 4) is 34.3 Å². The SMILES string of the molecule is COc1cccc(-c2cccc(-c3ccc(NC(=O)c4ccc(C#N)cc4)cc3)n2)c1. The third kappa shape index (κ3) is 4.60. The number of hydrogen-bond acceptors (Lipinski definition) is 4. The van der Waals surface area contributed by atoms with Gasteiger partial charge in [0.1, 0.15) is 5.75 Å². The molecule has 0 radical (unpaired) electrons. The van der Waals surface area contributed by atoms with Crippen molar-refractivity contribution in [3.63, 3.8) is 0 Å². The van der Waals surface area contributed by atoms with Crippen LogP contribution >= 0.6 is 0 Å². The molecular formula is C26H19N3O2.